The summed E-state index contributed by atoms with van der Waals surface area (Å²) in [6.07, 6.45) is -0.587. The molecule has 4 heteroatoms. The lowest BCUT2D eigenvalue weighted by Gasteiger charge is -2.14. The van der Waals surface area contributed by atoms with Crippen molar-refractivity contribution in [2.45, 2.75) is 13.0 Å². The predicted molar refractivity (Wildman–Crippen MR) is 95.7 cm³/mol. The van der Waals surface area contributed by atoms with E-state index in [1.54, 1.807) is 0 Å². The van der Waals surface area contributed by atoms with Gasteiger partial charge < -0.3 is 5.11 Å². The molecule has 1 heterocycles. The van der Waals surface area contributed by atoms with Crippen LogP contribution in [0.3, 0.4) is 0 Å². The van der Waals surface area contributed by atoms with Gasteiger partial charge >= 0.3 is 0 Å². The van der Waals surface area contributed by atoms with Gasteiger partial charge in [0.2, 0.25) is 0 Å². The number of pyridine rings is 1. The number of aliphatic hydroxyl groups excluding tert-OH is 1. The quantitative estimate of drug-likeness (QED) is 0.630. The van der Waals surface area contributed by atoms with E-state index in [1.165, 1.54) is 5.56 Å². The van der Waals surface area contributed by atoms with Crippen molar-refractivity contribution in [1.82, 2.24) is 4.98 Å². The molecule has 22 heavy (non-hydrogen) atoms. The molecule has 0 spiro atoms. The van der Waals surface area contributed by atoms with E-state index in [9.17, 15) is 5.11 Å². The van der Waals surface area contributed by atoms with Gasteiger partial charge in [0.15, 0.2) is 0 Å². The molecule has 1 unspecified atom stereocenters. The van der Waals surface area contributed by atoms with Crippen molar-refractivity contribution in [3.63, 3.8) is 0 Å². The van der Waals surface area contributed by atoms with Gasteiger partial charge in [0.1, 0.15) is 0 Å². The van der Waals surface area contributed by atoms with Gasteiger partial charge in [-0.05, 0) is 30.7 Å². The van der Waals surface area contributed by atoms with Crippen LogP contribution in [0.15, 0.2) is 48.5 Å². The molecule has 0 saturated carbocycles. The highest BCUT2D eigenvalue weighted by atomic mass is 79.9. The van der Waals surface area contributed by atoms with E-state index in [-0.39, 0.29) is 0 Å². The molecule has 2 nitrogen and oxygen atoms in total. The fraction of sp³-hybridized carbons (Fsp3) is 0.167. The molecule has 0 fully saturated rings. The number of hydrogen-bond donors (Lipinski definition) is 1. The lowest BCUT2D eigenvalue weighted by molar-refractivity contribution is 0.207. The zero-order valence-electron chi connectivity index (χ0n) is 12.1. The maximum absolute atomic E-state index is 10.3. The number of halogens is 2. The first-order chi connectivity index (χ1) is 10.6. The van der Waals surface area contributed by atoms with Crippen molar-refractivity contribution >= 4 is 38.4 Å². The minimum Gasteiger partial charge on any atom is -0.388 e. The minimum atomic E-state index is -0.587. The minimum absolute atomic E-state index is 0.474. The van der Waals surface area contributed by atoms with Crippen LogP contribution in [0.1, 0.15) is 17.2 Å². The van der Waals surface area contributed by atoms with E-state index in [0.717, 1.165) is 27.7 Å². The number of aryl methyl sites for hydroxylation is 1. The van der Waals surface area contributed by atoms with E-state index >= 15 is 0 Å². The van der Waals surface area contributed by atoms with Crippen LogP contribution in [0, 0.1) is 6.92 Å². The van der Waals surface area contributed by atoms with Crippen molar-refractivity contribution in [1.29, 1.82) is 0 Å². The monoisotopic (exact) mass is 375 g/mol. The van der Waals surface area contributed by atoms with E-state index in [2.05, 4.69) is 35.0 Å². The van der Waals surface area contributed by atoms with Gasteiger partial charge in [-0.2, -0.15) is 0 Å². The van der Waals surface area contributed by atoms with Gasteiger partial charge in [-0.3, -0.25) is 0 Å². The maximum Gasteiger partial charge on any atom is 0.0894 e. The first-order valence-corrected chi connectivity index (χ1v) is 8.49. The summed E-state index contributed by atoms with van der Waals surface area (Å²) >= 11 is 9.44. The molecule has 0 radical (unpaired) electrons. The fourth-order valence-electron chi connectivity index (χ4n) is 2.46. The topological polar surface area (TPSA) is 33.1 Å². The second-order valence-corrected chi connectivity index (χ2v) is 6.38. The van der Waals surface area contributed by atoms with Crippen LogP contribution >= 0.6 is 27.5 Å². The van der Waals surface area contributed by atoms with Gasteiger partial charge in [0, 0.05) is 21.3 Å². The third-order valence-corrected chi connectivity index (χ3v) is 4.50. The van der Waals surface area contributed by atoms with Crippen LogP contribution in [0.4, 0.5) is 0 Å². The Kier molecular flexibility index (Phi) is 4.48. The number of nitrogens with zero attached hydrogens (tertiary/aromatic N) is 1. The molecule has 3 rings (SSSR count). The molecule has 0 bridgehead atoms. The molecule has 112 valence electrons. The first-order valence-electron chi connectivity index (χ1n) is 7.00. The Labute approximate surface area is 142 Å². The van der Waals surface area contributed by atoms with E-state index in [0.29, 0.717) is 10.4 Å². The van der Waals surface area contributed by atoms with Crippen LogP contribution in [-0.2, 0) is 0 Å². The Morgan fingerprint density at radius 1 is 1.14 bits per heavy atom. The Bertz CT molecular complexity index is 817. The zero-order valence-corrected chi connectivity index (χ0v) is 14.4. The van der Waals surface area contributed by atoms with Crippen LogP contribution < -0.4 is 0 Å². The molecule has 1 atom stereocenters. The van der Waals surface area contributed by atoms with Crippen LogP contribution in [0.2, 0.25) is 5.02 Å². The summed E-state index contributed by atoms with van der Waals surface area (Å²) in [6, 6.07) is 15.7. The smallest absolute Gasteiger partial charge is 0.0894 e. The lowest BCUT2D eigenvalue weighted by atomic mass is 10.0. The van der Waals surface area contributed by atoms with Crippen molar-refractivity contribution in [2.75, 3.05) is 5.33 Å². The average molecular weight is 377 g/mol. The number of rotatable bonds is 3. The molecule has 3 aromatic rings. The van der Waals surface area contributed by atoms with E-state index in [4.69, 9.17) is 16.6 Å². The second kappa shape index (κ2) is 6.37. The summed E-state index contributed by atoms with van der Waals surface area (Å²) in [4.78, 5) is 4.70. The molecule has 0 saturated heterocycles. The molecule has 1 N–H and O–H groups in total. The summed E-state index contributed by atoms with van der Waals surface area (Å²) in [6.45, 7) is 2.05. The molecule has 0 aliphatic heterocycles. The summed E-state index contributed by atoms with van der Waals surface area (Å²) < 4.78 is 0. The molecule has 0 amide bonds. The normalized spacial score (nSPS) is 12.5. The first kappa shape index (κ1) is 15.5. The Morgan fingerprint density at radius 3 is 2.55 bits per heavy atom. The van der Waals surface area contributed by atoms with Crippen LogP contribution in [0.5, 0.6) is 0 Å². The van der Waals surface area contributed by atoms with E-state index < -0.39 is 6.10 Å². The van der Waals surface area contributed by atoms with E-state index in [1.807, 2.05) is 36.4 Å². The summed E-state index contributed by atoms with van der Waals surface area (Å²) in [5.74, 6) is 0. The SMILES string of the molecule is Cc1ccc(-c2cc(C(O)CBr)c3ccc(Cl)cc3n2)cc1. The lowest BCUT2D eigenvalue weighted by Crippen LogP contribution is -2.01. The summed E-state index contributed by atoms with van der Waals surface area (Å²) in [5.41, 5.74) is 4.71. The largest absolute Gasteiger partial charge is 0.388 e. The third kappa shape index (κ3) is 3.02. The highest BCUT2D eigenvalue weighted by molar-refractivity contribution is 9.09. The third-order valence-electron chi connectivity index (χ3n) is 3.66. The van der Waals surface area contributed by atoms with Crippen LogP contribution in [-0.4, -0.2) is 15.4 Å². The van der Waals surface area contributed by atoms with Gasteiger partial charge in [0.05, 0.1) is 17.3 Å². The molecule has 1 aromatic heterocycles. The number of fused-ring (bicyclic) bond motifs is 1. The number of hydrogen-bond acceptors (Lipinski definition) is 2. The highest BCUT2D eigenvalue weighted by Crippen LogP contribution is 2.31. The number of benzene rings is 2. The van der Waals surface area contributed by atoms with Gasteiger partial charge in [-0.25, -0.2) is 4.98 Å². The zero-order chi connectivity index (χ0) is 15.7. The van der Waals surface area contributed by atoms with Crippen molar-refractivity contribution in [2.24, 2.45) is 0 Å². The standard InChI is InChI=1S/C18H15BrClNO/c1-11-2-4-12(5-3-11)16-9-15(18(22)10-19)14-7-6-13(20)8-17(14)21-16/h2-9,18,22H,10H2,1H3. The Balaban J connectivity index is 2.25. The van der Waals surface area contributed by atoms with Gasteiger partial charge in [-0.15, -0.1) is 0 Å². The maximum atomic E-state index is 10.3. The molecule has 0 aliphatic rings. The summed E-state index contributed by atoms with van der Waals surface area (Å²) in [5, 5.41) is 12.3. The van der Waals surface area contributed by atoms with Crippen molar-refractivity contribution in [3.05, 3.63) is 64.7 Å². The van der Waals surface area contributed by atoms with Gasteiger partial charge in [0.25, 0.3) is 0 Å². The molecular formula is C18H15BrClNO. The van der Waals surface area contributed by atoms with Crippen molar-refractivity contribution in [3.8, 4) is 11.3 Å². The Morgan fingerprint density at radius 2 is 1.86 bits per heavy atom. The fourth-order valence-corrected chi connectivity index (χ4v) is 2.97. The van der Waals surface area contributed by atoms with Crippen LogP contribution in [0.25, 0.3) is 22.2 Å². The Hall–Kier alpha value is -1.42. The predicted octanol–water partition coefficient (Wildman–Crippen LogP) is 5.29. The molecule has 2 aromatic carbocycles. The molecular weight excluding hydrogens is 362 g/mol. The number of aromatic nitrogens is 1. The highest BCUT2D eigenvalue weighted by Gasteiger charge is 2.14. The number of alkyl halides is 1. The van der Waals surface area contributed by atoms with Crippen molar-refractivity contribution < 1.29 is 5.11 Å². The number of aliphatic hydroxyl groups is 1. The summed E-state index contributed by atoms with van der Waals surface area (Å²) in [7, 11) is 0. The van der Waals surface area contributed by atoms with Gasteiger partial charge in [-0.1, -0.05) is 63.4 Å². The average Bonchev–Trinajstić information content (AvgIpc) is 2.53. The molecule has 0 aliphatic carbocycles. The second-order valence-electron chi connectivity index (χ2n) is 5.29.